The summed E-state index contributed by atoms with van der Waals surface area (Å²) in [7, 11) is 5.99. The predicted octanol–water partition coefficient (Wildman–Crippen LogP) is 21.8. The van der Waals surface area contributed by atoms with Crippen LogP contribution in [0.15, 0.2) is 48.6 Å². The smallest absolute Gasteiger partial charge is 0.361 e. The highest BCUT2D eigenvalue weighted by atomic mass is 16.7. The molecule has 0 rings (SSSR count). The molecule has 0 fully saturated rings. The van der Waals surface area contributed by atoms with E-state index >= 15 is 0 Å². The van der Waals surface area contributed by atoms with E-state index in [9.17, 15) is 19.5 Å². The Labute approximate surface area is 508 Å². The minimum Gasteiger partial charge on any atom is -0.477 e. The highest BCUT2D eigenvalue weighted by Gasteiger charge is 2.25. The molecule has 2 unspecified atom stereocenters. The molecule has 480 valence electrons. The molecule has 0 bridgehead atoms. The molecule has 1 N–H and O–H groups in total. The highest BCUT2D eigenvalue weighted by Crippen LogP contribution is 2.19. The van der Waals surface area contributed by atoms with E-state index in [-0.39, 0.29) is 32.2 Å². The number of carbonyl (C=O) groups is 3. The van der Waals surface area contributed by atoms with Crippen LogP contribution in [0.4, 0.5) is 0 Å². The van der Waals surface area contributed by atoms with Crippen molar-refractivity contribution in [3.8, 4) is 0 Å². The number of likely N-dealkylation sites (N-methyl/N-ethyl adjacent to an activating group) is 1. The van der Waals surface area contributed by atoms with Gasteiger partial charge in [-0.25, -0.2) is 4.79 Å². The normalized spacial score (nSPS) is 12.9. The number of unbranched alkanes of at least 4 members (excludes halogenated alkanes) is 43. The molecule has 0 aromatic carbocycles. The van der Waals surface area contributed by atoms with Gasteiger partial charge in [-0.2, -0.15) is 0 Å². The molecule has 0 spiro atoms. The second kappa shape index (κ2) is 64.3. The van der Waals surface area contributed by atoms with Crippen LogP contribution in [0.25, 0.3) is 0 Å². The maximum Gasteiger partial charge on any atom is 0.361 e. The van der Waals surface area contributed by atoms with Crippen LogP contribution in [0.3, 0.4) is 0 Å². The fourth-order valence-electron chi connectivity index (χ4n) is 10.5. The number of hydrogen-bond donors (Lipinski definition) is 1. The van der Waals surface area contributed by atoms with E-state index in [1.165, 1.54) is 250 Å². The summed E-state index contributed by atoms with van der Waals surface area (Å²) in [5.74, 6) is -1.99. The number of carboxylic acids is 1. The van der Waals surface area contributed by atoms with Crippen LogP contribution in [-0.4, -0.2) is 87.4 Å². The van der Waals surface area contributed by atoms with Crippen molar-refractivity contribution >= 4 is 17.9 Å². The Kier molecular flexibility index (Phi) is 62.1. The van der Waals surface area contributed by atoms with Gasteiger partial charge in [0.25, 0.3) is 6.29 Å². The fourth-order valence-corrected chi connectivity index (χ4v) is 10.5. The van der Waals surface area contributed by atoms with Crippen molar-refractivity contribution in [2.24, 2.45) is 0 Å². The monoisotopic (exact) mass is 1160 g/mol. The lowest BCUT2D eigenvalue weighted by atomic mass is 10.0. The molecule has 82 heavy (non-hydrogen) atoms. The number of nitrogens with zero attached hydrogens (tertiary/aromatic N) is 1. The molecular formula is C73H136NO8+. The van der Waals surface area contributed by atoms with E-state index in [0.717, 1.165) is 64.2 Å². The van der Waals surface area contributed by atoms with Crippen molar-refractivity contribution in [2.75, 3.05) is 47.5 Å². The van der Waals surface area contributed by atoms with Crippen LogP contribution in [0.2, 0.25) is 0 Å². The zero-order chi connectivity index (χ0) is 59.8. The van der Waals surface area contributed by atoms with Crippen molar-refractivity contribution < 1.29 is 42.9 Å². The molecule has 0 radical (unpaired) electrons. The summed E-state index contributed by atoms with van der Waals surface area (Å²) in [4.78, 5) is 37.6. The van der Waals surface area contributed by atoms with E-state index in [4.69, 9.17) is 18.9 Å². The zero-order valence-electron chi connectivity index (χ0n) is 54.9. The fraction of sp³-hybridized carbons (Fsp3) is 0.849. The van der Waals surface area contributed by atoms with Crippen molar-refractivity contribution in [2.45, 2.75) is 354 Å². The average molecular weight is 1160 g/mol. The van der Waals surface area contributed by atoms with Crippen LogP contribution in [0, 0.1) is 0 Å². The third kappa shape index (κ3) is 64.8. The predicted molar refractivity (Wildman–Crippen MR) is 350 cm³/mol. The van der Waals surface area contributed by atoms with Gasteiger partial charge >= 0.3 is 17.9 Å². The van der Waals surface area contributed by atoms with Gasteiger partial charge in [-0.1, -0.05) is 326 Å². The molecule has 9 nitrogen and oxygen atoms in total. The van der Waals surface area contributed by atoms with Crippen molar-refractivity contribution in [1.29, 1.82) is 0 Å². The van der Waals surface area contributed by atoms with Gasteiger partial charge in [0.2, 0.25) is 0 Å². The molecule has 2 atom stereocenters. The quantitative estimate of drug-likeness (QED) is 0.0211. The molecule has 0 aliphatic carbocycles. The lowest BCUT2D eigenvalue weighted by molar-refractivity contribution is -0.870. The van der Waals surface area contributed by atoms with E-state index < -0.39 is 24.3 Å². The first-order valence-electron chi connectivity index (χ1n) is 35.3. The zero-order valence-corrected chi connectivity index (χ0v) is 54.9. The SMILES string of the molecule is CC/C=C\C/C=C\C/C=C\C/C=C\CCCCCCCCCCCCCCC(=O)OC(COC(=O)CCCCCCCCCCCCCCCCCCCCCCCCCCCCCCCCCC)COC(OCC[N+](C)(C)C)C(=O)O. The van der Waals surface area contributed by atoms with Gasteiger partial charge in [0.15, 0.2) is 6.10 Å². The van der Waals surface area contributed by atoms with Crippen LogP contribution >= 0.6 is 0 Å². The lowest BCUT2D eigenvalue weighted by Gasteiger charge is -2.25. The number of carboxylic acid groups (broad SMARTS) is 1. The number of allylic oxidation sites excluding steroid dienone is 8. The van der Waals surface area contributed by atoms with Crippen LogP contribution in [0.1, 0.15) is 341 Å². The standard InChI is InChI=1S/C73H135NO8/c1-6-8-10-12-14-16-18-20-22-24-26-28-30-32-33-34-35-36-37-38-40-41-43-45-47-49-51-53-55-57-59-61-63-70(75)80-67-69(68-81-73(72(77)78)79-66-65-74(3,4)5)82-71(76)64-62-60-58-56-54-52-50-48-46-44-42-39-31-29-27-25-23-21-19-17-15-13-11-9-7-2/h9,11,15,17,21,23,27,29,69,73H,6-8,10,12-14,16,18-20,22,24-26,28,30-68H2,1-5H3/p+1/b11-9-,17-15-,23-21-,29-27-. The summed E-state index contributed by atoms with van der Waals surface area (Å²) >= 11 is 0. The average Bonchev–Trinajstić information content (AvgIpc) is 3.45. The third-order valence-electron chi connectivity index (χ3n) is 15.8. The molecule has 0 aromatic rings. The Hall–Kier alpha value is -2.75. The number of carbonyl (C=O) groups excluding carboxylic acids is 2. The third-order valence-corrected chi connectivity index (χ3v) is 15.8. The van der Waals surface area contributed by atoms with Crippen LogP contribution < -0.4 is 0 Å². The topological polar surface area (TPSA) is 108 Å². The van der Waals surface area contributed by atoms with Gasteiger partial charge in [-0.05, 0) is 51.4 Å². The van der Waals surface area contributed by atoms with Gasteiger partial charge in [-0.3, -0.25) is 9.59 Å². The molecule has 0 aliphatic rings. The highest BCUT2D eigenvalue weighted by molar-refractivity contribution is 5.71. The van der Waals surface area contributed by atoms with E-state index in [0.29, 0.717) is 17.4 Å². The maximum absolute atomic E-state index is 12.9. The van der Waals surface area contributed by atoms with Crippen molar-refractivity contribution in [3.05, 3.63) is 48.6 Å². The summed E-state index contributed by atoms with van der Waals surface area (Å²) in [5, 5.41) is 9.74. The Morgan fingerprint density at radius 3 is 1.04 bits per heavy atom. The molecule has 0 saturated heterocycles. The minimum absolute atomic E-state index is 0.179. The van der Waals surface area contributed by atoms with Gasteiger partial charge < -0.3 is 28.5 Å². The number of esters is 2. The van der Waals surface area contributed by atoms with E-state index in [1.807, 2.05) is 21.1 Å². The number of ether oxygens (including phenoxy) is 4. The van der Waals surface area contributed by atoms with Crippen LogP contribution in [0.5, 0.6) is 0 Å². The second-order valence-corrected chi connectivity index (χ2v) is 25.2. The molecule has 0 aromatic heterocycles. The molecular weight excluding hydrogens is 1020 g/mol. The minimum atomic E-state index is -1.51. The van der Waals surface area contributed by atoms with E-state index in [1.54, 1.807) is 0 Å². The summed E-state index contributed by atoms with van der Waals surface area (Å²) in [6, 6.07) is 0. The van der Waals surface area contributed by atoms with Crippen LogP contribution in [-0.2, 0) is 33.3 Å². The Bertz CT molecular complexity index is 1480. The summed E-state index contributed by atoms with van der Waals surface area (Å²) in [6.45, 7) is 4.82. The van der Waals surface area contributed by atoms with Gasteiger partial charge in [0.05, 0.1) is 34.4 Å². The number of quaternary nitrogens is 1. The van der Waals surface area contributed by atoms with Crippen molar-refractivity contribution in [1.82, 2.24) is 0 Å². The Morgan fingerprint density at radius 1 is 0.378 bits per heavy atom. The lowest BCUT2D eigenvalue weighted by Crippen LogP contribution is -2.40. The molecule has 0 heterocycles. The molecule has 0 aliphatic heterocycles. The number of aliphatic carboxylic acids is 1. The summed E-state index contributed by atoms with van der Waals surface area (Å²) in [5.41, 5.74) is 0. The first-order valence-corrected chi connectivity index (χ1v) is 35.3. The molecule has 0 saturated carbocycles. The Morgan fingerprint density at radius 2 is 0.695 bits per heavy atom. The molecule has 9 heteroatoms. The summed E-state index contributed by atoms with van der Waals surface area (Å²) in [6.07, 6.45) is 79.5. The van der Waals surface area contributed by atoms with E-state index in [2.05, 4.69) is 62.5 Å². The Balaban J connectivity index is 4.05. The number of rotatable bonds is 66. The van der Waals surface area contributed by atoms with Gasteiger partial charge in [0.1, 0.15) is 13.2 Å². The largest absolute Gasteiger partial charge is 0.477 e. The number of hydrogen-bond acceptors (Lipinski definition) is 7. The summed E-state index contributed by atoms with van der Waals surface area (Å²) < 4.78 is 23.0. The molecule has 0 amide bonds. The first-order chi connectivity index (χ1) is 40.1. The maximum atomic E-state index is 12.9. The van der Waals surface area contributed by atoms with Gasteiger partial charge in [0, 0.05) is 12.8 Å². The van der Waals surface area contributed by atoms with Crippen molar-refractivity contribution in [3.63, 3.8) is 0 Å². The van der Waals surface area contributed by atoms with Gasteiger partial charge in [-0.15, -0.1) is 0 Å². The second-order valence-electron chi connectivity index (χ2n) is 25.2. The first kappa shape index (κ1) is 79.2.